The number of ether oxygens (including phenoxy) is 2. The first kappa shape index (κ1) is 19.6. The first-order chi connectivity index (χ1) is 14.6. The van der Waals surface area contributed by atoms with E-state index in [0.717, 1.165) is 27.9 Å². The van der Waals surface area contributed by atoms with Crippen LogP contribution in [-0.4, -0.2) is 51.8 Å². The van der Waals surface area contributed by atoms with Gasteiger partial charge in [-0.25, -0.2) is 14.3 Å². The maximum atomic E-state index is 12.3. The minimum absolute atomic E-state index is 0.150. The summed E-state index contributed by atoms with van der Waals surface area (Å²) in [7, 11) is 1.36. The summed E-state index contributed by atoms with van der Waals surface area (Å²) in [6.07, 6.45) is 7.73. The van der Waals surface area contributed by atoms with Crippen LogP contribution in [0.15, 0.2) is 55.0 Å². The van der Waals surface area contributed by atoms with Gasteiger partial charge in [0.15, 0.2) is 5.65 Å². The van der Waals surface area contributed by atoms with Crippen molar-refractivity contribution in [3.05, 3.63) is 71.7 Å². The van der Waals surface area contributed by atoms with E-state index in [9.17, 15) is 9.59 Å². The molecule has 0 N–H and O–H groups in total. The molecule has 2 aromatic heterocycles. The van der Waals surface area contributed by atoms with Crippen LogP contribution < -0.4 is 0 Å². The highest BCUT2D eigenvalue weighted by atomic mass is 16.6. The summed E-state index contributed by atoms with van der Waals surface area (Å²) in [5.41, 5.74) is 4.43. The molecule has 1 aliphatic heterocycles. The van der Waals surface area contributed by atoms with Crippen molar-refractivity contribution in [1.82, 2.24) is 19.5 Å². The number of aromatic nitrogens is 3. The van der Waals surface area contributed by atoms with E-state index >= 15 is 0 Å². The summed E-state index contributed by atoms with van der Waals surface area (Å²) in [6.45, 7) is 1.30. The van der Waals surface area contributed by atoms with E-state index < -0.39 is 0 Å². The van der Waals surface area contributed by atoms with E-state index in [1.807, 2.05) is 36.4 Å². The van der Waals surface area contributed by atoms with Gasteiger partial charge in [-0.3, -0.25) is 4.79 Å². The van der Waals surface area contributed by atoms with Gasteiger partial charge >= 0.3 is 12.1 Å². The highest BCUT2D eigenvalue weighted by molar-refractivity contribution is 5.78. The molecule has 0 saturated heterocycles. The number of carbonyl (C=O) groups is 2. The first-order valence-corrected chi connectivity index (χ1v) is 9.68. The zero-order valence-electron chi connectivity index (χ0n) is 16.7. The summed E-state index contributed by atoms with van der Waals surface area (Å²) >= 11 is 0. The molecule has 0 aliphatic carbocycles. The van der Waals surface area contributed by atoms with Gasteiger partial charge in [-0.1, -0.05) is 36.4 Å². The molecule has 154 valence electrons. The second-order valence-corrected chi connectivity index (χ2v) is 7.01. The topological polar surface area (TPSA) is 86.0 Å². The first-order valence-electron chi connectivity index (χ1n) is 9.68. The van der Waals surface area contributed by atoms with E-state index in [4.69, 9.17) is 9.47 Å². The highest BCUT2D eigenvalue weighted by Gasteiger charge is 2.21. The van der Waals surface area contributed by atoms with Crippen LogP contribution in [0.2, 0.25) is 0 Å². The SMILES string of the molecule is COC(=O)Cc1cnc2c(C3=CCN(C(=O)OCc4ccccc4)CC3)cnn2c1. The Balaban J connectivity index is 1.41. The molecule has 8 heteroatoms. The molecule has 4 rings (SSSR count). The number of carbonyl (C=O) groups excluding carboxylic acids is 2. The van der Waals surface area contributed by atoms with Crippen LogP contribution in [0, 0.1) is 0 Å². The van der Waals surface area contributed by atoms with Gasteiger partial charge in [-0.2, -0.15) is 5.10 Å². The van der Waals surface area contributed by atoms with Crippen LogP contribution in [0.3, 0.4) is 0 Å². The molecule has 1 amide bonds. The van der Waals surface area contributed by atoms with E-state index in [2.05, 4.69) is 10.1 Å². The summed E-state index contributed by atoms with van der Waals surface area (Å²) < 4.78 is 11.8. The molecular weight excluding hydrogens is 384 g/mol. The zero-order chi connectivity index (χ0) is 20.9. The van der Waals surface area contributed by atoms with Gasteiger partial charge in [-0.05, 0) is 23.1 Å². The van der Waals surface area contributed by atoms with E-state index in [1.165, 1.54) is 7.11 Å². The fourth-order valence-electron chi connectivity index (χ4n) is 3.36. The third-order valence-corrected chi connectivity index (χ3v) is 5.00. The van der Waals surface area contributed by atoms with Crippen molar-refractivity contribution in [2.75, 3.05) is 20.2 Å². The molecule has 0 bridgehead atoms. The number of nitrogens with zero attached hydrogens (tertiary/aromatic N) is 4. The summed E-state index contributed by atoms with van der Waals surface area (Å²) in [5.74, 6) is -0.322. The Kier molecular flexibility index (Phi) is 5.74. The van der Waals surface area contributed by atoms with Gasteiger partial charge in [-0.15, -0.1) is 0 Å². The Hall–Kier alpha value is -3.68. The van der Waals surface area contributed by atoms with Crippen molar-refractivity contribution in [3.63, 3.8) is 0 Å². The largest absolute Gasteiger partial charge is 0.469 e. The molecule has 0 spiro atoms. The second kappa shape index (κ2) is 8.77. The fraction of sp³-hybridized carbons (Fsp3) is 0.273. The van der Waals surface area contributed by atoms with Crippen LogP contribution in [0.1, 0.15) is 23.1 Å². The minimum atomic E-state index is -0.322. The number of esters is 1. The predicted octanol–water partition coefficient (Wildman–Crippen LogP) is 2.87. The van der Waals surface area contributed by atoms with Crippen LogP contribution in [0.4, 0.5) is 4.79 Å². The zero-order valence-corrected chi connectivity index (χ0v) is 16.7. The summed E-state index contributed by atoms with van der Waals surface area (Å²) in [5, 5.41) is 4.36. The number of methoxy groups -OCH3 is 1. The van der Waals surface area contributed by atoms with Crippen LogP contribution in [-0.2, 0) is 27.3 Å². The Morgan fingerprint density at radius 3 is 2.70 bits per heavy atom. The van der Waals surface area contributed by atoms with Gasteiger partial charge in [0.1, 0.15) is 6.61 Å². The van der Waals surface area contributed by atoms with Crippen molar-refractivity contribution in [2.24, 2.45) is 0 Å². The molecule has 8 nitrogen and oxygen atoms in total. The normalized spacial score (nSPS) is 13.8. The molecule has 1 aromatic carbocycles. The van der Waals surface area contributed by atoms with Crippen molar-refractivity contribution in [1.29, 1.82) is 0 Å². The van der Waals surface area contributed by atoms with Crippen LogP contribution >= 0.6 is 0 Å². The number of benzene rings is 1. The molecule has 3 aromatic rings. The third-order valence-electron chi connectivity index (χ3n) is 5.00. The minimum Gasteiger partial charge on any atom is -0.469 e. The molecule has 0 radical (unpaired) electrons. The number of hydrogen-bond acceptors (Lipinski definition) is 6. The number of rotatable bonds is 5. The monoisotopic (exact) mass is 406 g/mol. The summed E-state index contributed by atoms with van der Waals surface area (Å²) in [4.78, 5) is 29.9. The molecule has 30 heavy (non-hydrogen) atoms. The van der Waals surface area contributed by atoms with Gasteiger partial charge in [0, 0.05) is 31.0 Å². The third kappa shape index (κ3) is 4.32. The standard InChI is InChI=1S/C22H22N4O4/c1-29-20(27)11-17-12-23-21-19(13-24-26(21)14-17)18-7-9-25(10-8-18)22(28)30-15-16-5-3-2-4-6-16/h2-7,12-14H,8-11,15H2,1H3. The van der Waals surface area contributed by atoms with Crippen LogP contribution in [0.25, 0.3) is 11.2 Å². The van der Waals surface area contributed by atoms with Gasteiger partial charge < -0.3 is 14.4 Å². The van der Waals surface area contributed by atoms with Crippen molar-refractivity contribution < 1.29 is 19.1 Å². The molecule has 3 heterocycles. The number of fused-ring (bicyclic) bond motifs is 1. The Labute approximate surface area is 173 Å². The van der Waals surface area contributed by atoms with E-state index in [0.29, 0.717) is 19.5 Å². The highest BCUT2D eigenvalue weighted by Crippen LogP contribution is 2.25. The average Bonchev–Trinajstić information content (AvgIpc) is 3.21. The maximum Gasteiger partial charge on any atom is 0.410 e. The Morgan fingerprint density at radius 1 is 1.13 bits per heavy atom. The number of hydrogen-bond donors (Lipinski definition) is 0. The average molecular weight is 406 g/mol. The van der Waals surface area contributed by atoms with Crippen LogP contribution in [0.5, 0.6) is 0 Å². The van der Waals surface area contributed by atoms with Crippen molar-refractivity contribution >= 4 is 23.3 Å². The molecule has 0 atom stereocenters. The van der Waals surface area contributed by atoms with E-state index in [-0.39, 0.29) is 25.1 Å². The predicted molar refractivity (Wildman–Crippen MR) is 110 cm³/mol. The molecule has 0 unspecified atom stereocenters. The molecule has 1 aliphatic rings. The maximum absolute atomic E-state index is 12.3. The molecule has 0 saturated carbocycles. The fourth-order valence-corrected chi connectivity index (χ4v) is 3.36. The number of amides is 1. The molecular formula is C22H22N4O4. The smallest absolute Gasteiger partial charge is 0.410 e. The van der Waals surface area contributed by atoms with Gasteiger partial charge in [0.05, 0.1) is 19.7 Å². The van der Waals surface area contributed by atoms with Gasteiger partial charge in [0.2, 0.25) is 0 Å². The lowest BCUT2D eigenvalue weighted by molar-refractivity contribution is -0.139. The Morgan fingerprint density at radius 2 is 1.97 bits per heavy atom. The lowest BCUT2D eigenvalue weighted by Crippen LogP contribution is -2.35. The summed E-state index contributed by atoms with van der Waals surface area (Å²) in [6, 6.07) is 9.62. The second-order valence-electron chi connectivity index (χ2n) is 7.01. The lowest BCUT2D eigenvalue weighted by Gasteiger charge is -2.25. The van der Waals surface area contributed by atoms with Gasteiger partial charge in [0.25, 0.3) is 0 Å². The Bertz CT molecular complexity index is 1090. The van der Waals surface area contributed by atoms with E-state index in [1.54, 1.807) is 28.0 Å². The lowest BCUT2D eigenvalue weighted by atomic mass is 10.0. The molecule has 0 fully saturated rings. The van der Waals surface area contributed by atoms with Crippen molar-refractivity contribution in [2.45, 2.75) is 19.4 Å². The quantitative estimate of drug-likeness (QED) is 0.606. The van der Waals surface area contributed by atoms with Crippen molar-refractivity contribution in [3.8, 4) is 0 Å².